The second kappa shape index (κ2) is 26.0. The first-order chi connectivity index (χ1) is 64.5. The van der Waals surface area contributed by atoms with Gasteiger partial charge in [0.15, 0.2) is 5.82 Å². The Morgan fingerprint density at radius 1 is 0.177 bits per heavy atom. The fourth-order valence-corrected chi connectivity index (χ4v) is 22.9. The van der Waals surface area contributed by atoms with Gasteiger partial charge in [0.25, 0.3) is 0 Å². The number of aromatic nitrogens is 10. The van der Waals surface area contributed by atoms with Gasteiger partial charge in [-0.15, -0.1) is 0 Å². The lowest BCUT2D eigenvalue weighted by Crippen LogP contribution is -2.04. The second-order valence-corrected chi connectivity index (χ2v) is 35.0. The maximum absolute atomic E-state index is 6.03. The van der Waals surface area contributed by atoms with Crippen LogP contribution in [-0.2, 0) is 0 Å². The highest BCUT2D eigenvalue weighted by atomic mass is 15.2. The SMILES string of the molecule is c1ccc(-n2c3ccccc3c3ccc(-c4nc(-n5c6ccccc6c6cc7c(cc65)c5cc(-c6cccc8c6c6ccc(-c9nc%10ccc%11ccccc%11c%10nc9-n9c%10ccccc%10c%10cc%11c(cc%109)c9cccc%10c9n%11-c9ccccc9-c9ccccc9-%10)cc6n8-c6ccccc6)cc6c5n7-c5ccccc5-c5ccccc5-6)nc5c4ccc4ccccc45)cc32)cc1. The van der Waals surface area contributed by atoms with Crippen LogP contribution in [0.2, 0.25) is 0 Å². The third-order valence-corrected chi connectivity index (χ3v) is 28.4. The molecule has 0 radical (unpaired) electrons. The summed E-state index contributed by atoms with van der Waals surface area (Å²) >= 11 is 0. The lowest BCUT2D eigenvalue weighted by Gasteiger charge is -2.15. The highest BCUT2D eigenvalue weighted by Crippen LogP contribution is 2.54. The van der Waals surface area contributed by atoms with Gasteiger partial charge >= 0.3 is 0 Å². The fourth-order valence-electron chi connectivity index (χ4n) is 22.9. The highest BCUT2D eigenvalue weighted by molar-refractivity contribution is 6.27. The Hall–Kier alpha value is -17.6. The van der Waals surface area contributed by atoms with Gasteiger partial charge in [-0.3, -0.25) is 9.13 Å². The number of hydrogen-bond donors (Lipinski definition) is 0. The van der Waals surface area contributed by atoms with Crippen molar-refractivity contribution in [2.75, 3.05) is 0 Å². The molecule has 0 N–H and O–H groups in total. The van der Waals surface area contributed by atoms with E-state index in [1.165, 1.54) is 66.0 Å². The molecule has 10 heteroatoms. The highest BCUT2D eigenvalue weighted by Gasteiger charge is 2.33. The Labute approximate surface area is 741 Å². The molecule has 598 valence electrons. The van der Waals surface area contributed by atoms with Crippen LogP contribution in [0.1, 0.15) is 0 Å². The third-order valence-electron chi connectivity index (χ3n) is 28.4. The molecule has 0 saturated heterocycles. The van der Waals surface area contributed by atoms with Gasteiger partial charge in [-0.1, -0.05) is 291 Å². The van der Waals surface area contributed by atoms with Crippen LogP contribution in [-0.4, -0.2) is 47.3 Å². The van der Waals surface area contributed by atoms with E-state index in [-0.39, 0.29) is 0 Å². The number of para-hydroxylation sites is 8. The number of nitrogens with zero attached hydrogens (tertiary/aromatic N) is 10. The molecule has 0 bridgehead atoms. The van der Waals surface area contributed by atoms with Crippen molar-refractivity contribution >= 4 is 174 Å². The van der Waals surface area contributed by atoms with E-state index in [1.807, 2.05) is 0 Å². The van der Waals surface area contributed by atoms with Crippen LogP contribution in [0.25, 0.3) is 287 Å². The lowest BCUT2D eigenvalue weighted by molar-refractivity contribution is 1.02. The van der Waals surface area contributed by atoms with Gasteiger partial charge in [0, 0.05) is 126 Å². The van der Waals surface area contributed by atoms with Crippen LogP contribution < -0.4 is 0 Å². The quantitative estimate of drug-likeness (QED) is 0.149. The molecule has 10 heterocycles. The zero-order valence-corrected chi connectivity index (χ0v) is 69.7. The van der Waals surface area contributed by atoms with E-state index in [0.717, 1.165) is 215 Å². The van der Waals surface area contributed by atoms with E-state index in [1.54, 1.807) is 0 Å². The summed E-state index contributed by atoms with van der Waals surface area (Å²) in [6.45, 7) is 0. The summed E-state index contributed by atoms with van der Waals surface area (Å²) in [5.41, 5.74) is 35.4. The van der Waals surface area contributed by atoms with Gasteiger partial charge in [0.05, 0.1) is 99.8 Å². The zero-order chi connectivity index (χ0) is 84.4. The van der Waals surface area contributed by atoms with Gasteiger partial charge in [-0.2, -0.15) is 0 Å². The standard InChI is InChI=1S/C120H68N10/c1-3-29-74(30-4-1)125-100-47-20-17-41-85(100)88-57-54-71(63-106(88)125)113-92-59-53-69-27-7-9-33-77(69)115(92)124-120(123-113)130-104-51-24-19-43-87(104)94-66-109-96(68-111(94)130)98-62-73(61-97-82-38-14-12-36-80(82)84-40-16-22-49-102(84)128(109)118(97)98)76-44-26-52-105-112(76)91-58-55-72(64-107(91)126(105)75-31-5-2-6-32-75)114-119(122-116-78-34-10-8-28-70(78)56-60-99(116)121-114)129-103-50-23-18-42-86(103)93-65-108-95(67-110(93)129)90-46-25-45-89-81-37-13-11-35-79(81)83-39-15-21-48-101(83)127(108)117(89)90/h1-68H. The van der Waals surface area contributed by atoms with Crippen molar-refractivity contribution in [2.45, 2.75) is 0 Å². The van der Waals surface area contributed by atoms with Crippen molar-refractivity contribution in [3.8, 4) is 113 Å². The molecule has 2 aliphatic heterocycles. The van der Waals surface area contributed by atoms with Crippen molar-refractivity contribution in [3.05, 3.63) is 413 Å². The molecule has 30 rings (SSSR count). The molecule has 0 spiro atoms. The molecule has 8 aromatic heterocycles. The van der Waals surface area contributed by atoms with Crippen molar-refractivity contribution in [1.82, 2.24) is 47.3 Å². The Kier molecular flexibility index (Phi) is 14.0. The smallest absolute Gasteiger partial charge is 0.235 e. The van der Waals surface area contributed by atoms with E-state index >= 15 is 0 Å². The lowest BCUT2D eigenvalue weighted by atomic mass is 9.90. The Morgan fingerprint density at radius 3 is 1.25 bits per heavy atom. The first kappa shape index (κ1) is 69.8. The van der Waals surface area contributed by atoms with Crippen LogP contribution >= 0.6 is 0 Å². The number of fused-ring (bicyclic) bond motifs is 34. The molecule has 130 heavy (non-hydrogen) atoms. The maximum atomic E-state index is 6.03. The summed E-state index contributed by atoms with van der Waals surface area (Å²) in [6, 6.07) is 152. The van der Waals surface area contributed by atoms with Gasteiger partial charge in [0.1, 0.15) is 5.69 Å². The van der Waals surface area contributed by atoms with E-state index in [0.29, 0.717) is 5.95 Å². The normalized spacial score (nSPS) is 12.5. The first-order valence-corrected chi connectivity index (χ1v) is 44.6. The van der Waals surface area contributed by atoms with Gasteiger partial charge in [-0.25, -0.2) is 19.9 Å². The molecule has 0 unspecified atom stereocenters. The van der Waals surface area contributed by atoms with Crippen LogP contribution in [0, 0.1) is 0 Å². The first-order valence-electron chi connectivity index (χ1n) is 44.6. The molecular weight excluding hydrogens is 1580 g/mol. The van der Waals surface area contributed by atoms with Gasteiger partial charge in [-0.05, 0) is 165 Å². The van der Waals surface area contributed by atoms with Gasteiger partial charge in [0.2, 0.25) is 5.95 Å². The molecule has 10 nitrogen and oxygen atoms in total. The Morgan fingerprint density at radius 2 is 0.592 bits per heavy atom. The number of hydrogen-bond acceptors (Lipinski definition) is 4. The minimum Gasteiger partial charge on any atom is -0.309 e. The van der Waals surface area contributed by atoms with Crippen LogP contribution in [0.15, 0.2) is 413 Å². The average molecular weight is 1650 g/mol. The number of benzene rings is 20. The second-order valence-electron chi connectivity index (χ2n) is 35.0. The largest absolute Gasteiger partial charge is 0.309 e. The molecule has 0 saturated carbocycles. The molecule has 0 aliphatic carbocycles. The van der Waals surface area contributed by atoms with E-state index in [4.69, 9.17) is 19.9 Å². The summed E-state index contributed by atoms with van der Waals surface area (Å²) in [7, 11) is 0. The molecule has 28 aromatic rings. The topological polar surface area (TPSA) is 81.1 Å². The van der Waals surface area contributed by atoms with E-state index in [2.05, 4.69) is 440 Å². The van der Waals surface area contributed by atoms with Crippen molar-refractivity contribution < 1.29 is 0 Å². The summed E-state index contributed by atoms with van der Waals surface area (Å²) < 4.78 is 14.7. The van der Waals surface area contributed by atoms with Crippen molar-refractivity contribution in [1.29, 1.82) is 0 Å². The molecule has 0 amide bonds. The minimum atomic E-state index is 0.594. The van der Waals surface area contributed by atoms with Crippen LogP contribution in [0.3, 0.4) is 0 Å². The van der Waals surface area contributed by atoms with Crippen LogP contribution in [0.5, 0.6) is 0 Å². The summed E-state index contributed by atoms with van der Waals surface area (Å²) in [6.07, 6.45) is 0. The average Bonchev–Trinajstić information content (AvgIpc) is 1.54. The summed E-state index contributed by atoms with van der Waals surface area (Å²) in [5.74, 6) is 1.34. The predicted octanol–water partition coefficient (Wildman–Crippen LogP) is 30.8. The molecular formula is C120H68N10. The number of rotatable bonds is 7. The predicted molar refractivity (Wildman–Crippen MR) is 539 cm³/mol. The molecule has 20 aromatic carbocycles. The summed E-state index contributed by atoms with van der Waals surface area (Å²) in [4.78, 5) is 23.7. The minimum absolute atomic E-state index is 0.594. The maximum Gasteiger partial charge on any atom is 0.235 e. The molecule has 0 fully saturated rings. The van der Waals surface area contributed by atoms with Crippen molar-refractivity contribution in [2.24, 2.45) is 0 Å². The zero-order valence-electron chi connectivity index (χ0n) is 69.7. The molecule has 2 aliphatic rings. The third kappa shape index (κ3) is 9.48. The van der Waals surface area contributed by atoms with E-state index in [9.17, 15) is 0 Å². The Bertz CT molecular complexity index is 9960. The fraction of sp³-hybridized carbons (Fsp3) is 0. The van der Waals surface area contributed by atoms with Crippen LogP contribution in [0.4, 0.5) is 0 Å². The van der Waals surface area contributed by atoms with E-state index < -0.39 is 0 Å². The summed E-state index contributed by atoms with van der Waals surface area (Å²) in [5, 5.41) is 19.0. The van der Waals surface area contributed by atoms with Crippen molar-refractivity contribution in [3.63, 3.8) is 0 Å². The molecule has 0 atom stereocenters. The Balaban J connectivity index is 0.660. The van der Waals surface area contributed by atoms with Gasteiger partial charge < -0.3 is 18.3 Å². The monoisotopic (exact) mass is 1650 g/mol.